The molecule has 2 fully saturated rings. The molecule has 0 radical (unpaired) electrons. The Morgan fingerprint density at radius 2 is 2.00 bits per heavy atom. The molecular weight excluding hydrogens is 343 g/mol. The summed E-state index contributed by atoms with van der Waals surface area (Å²) >= 11 is 0. The van der Waals surface area contributed by atoms with E-state index in [-0.39, 0.29) is 30.2 Å². The van der Waals surface area contributed by atoms with Gasteiger partial charge >= 0.3 is 0 Å². The summed E-state index contributed by atoms with van der Waals surface area (Å²) < 4.78 is 18.9. The van der Waals surface area contributed by atoms with Gasteiger partial charge in [0.05, 0.1) is 13.2 Å². The molecule has 2 unspecified atom stereocenters. The number of hydrogen-bond donors (Lipinski definition) is 1. The monoisotopic (exact) mass is 370 g/mol. The largest absolute Gasteiger partial charge is 0.370 e. The molecule has 1 amide bonds. The lowest BCUT2D eigenvalue weighted by atomic mass is 9.84. The van der Waals surface area contributed by atoms with Crippen LogP contribution < -0.4 is 5.32 Å². The molecule has 0 aromatic heterocycles. The van der Waals surface area contributed by atoms with Gasteiger partial charge in [-0.15, -0.1) is 12.4 Å². The van der Waals surface area contributed by atoms with Crippen LogP contribution in [0.5, 0.6) is 0 Å². The van der Waals surface area contributed by atoms with E-state index in [9.17, 15) is 9.18 Å². The van der Waals surface area contributed by atoms with Crippen molar-refractivity contribution >= 4 is 18.3 Å². The van der Waals surface area contributed by atoms with Crippen molar-refractivity contribution < 1.29 is 13.9 Å². The molecule has 140 valence electrons. The van der Waals surface area contributed by atoms with Crippen LogP contribution in [0.15, 0.2) is 24.3 Å². The third kappa shape index (κ3) is 5.40. The number of carbonyl (C=O) groups is 1. The lowest BCUT2D eigenvalue weighted by molar-refractivity contribution is -0.140. The van der Waals surface area contributed by atoms with Crippen LogP contribution in [0.4, 0.5) is 4.39 Å². The van der Waals surface area contributed by atoms with Crippen molar-refractivity contribution in [3.63, 3.8) is 0 Å². The molecule has 2 aliphatic heterocycles. The SMILES string of the molecule is CC(CC(=O)N1CCOC(c2ccc(F)cc2)C1)C1CCNCC1.Cl. The number of carbonyl (C=O) groups excluding carboxylic acids is 1. The van der Waals surface area contributed by atoms with E-state index in [2.05, 4.69) is 12.2 Å². The zero-order chi connectivity index (χ0) is 16.9. The predicted molar refractivity (Wildman–Crippen MR) is 98.3 cm³/mol. The summed E-state index contributed by atoms with van der Waals surface area (Å²) in [6.45, 7) is 6.07. The van der Waals surface area contributed by atoms with Gasteiger partial charge in [0.25, 0.3) is 0 Å². The highest BCUT2D eigenvalue weighted by Gasteiger charge is 2.28. The van der Waals surface area contributed by atoms with Gasteiger partial charge in [0, 0.05) is 13.0 Å². The van der Waals surface area contributed by atoms with Gasteiger partial charge < -0.3 is 15.0 Å². The smallest absolute Gasteiger partial charge is 0.223 e. The standard InChI is InChI=1S/C19H27FN2O2.ClH/c1-14(15-6-8-21-9-7-15)12-19(23)22-10-11-24-18(13-22)16-2-4-17(20)5-3-16;/h2-5,14-15,18,21H,6-13H2,1H3;1H. The Morgan fingerprint density at radius 3 is 2.68 bits per heavy atom. The summed E-state index contributed by atoms with van der Waals surface area (Å²) in [6, 6.07) is 6.37. The maximum Gasteiger partial charge on any atom is 0.223 e. The van der Waals surface area contributed by atoms with Crippen molar-refractivity contribution in [2.45, 2.75) is 32.3 Å². The first-order valence-corrected chi connectivity index (χ1v) is 8.99. The van der Waals surface area contributed by atoms with E-state index in [4.69, 9.17) is 4.74 Å². The first-order chi connectivity index (χ1) is 11.6. The van der Waals surface area contributed by atoms with Gasteiger partial charge in [0.2, 0.25) is 5.91 Å². The lowest BCUT2D eigenvalue weighted by Gasteiger charge is -2.35. The number of morpholine rings is 1. The van der Waals surface area contributed by atoms with Crippen LogP contribution in [0.25, 0.3) is 0 Å². The molecule has 2 aliphatic rings. The van der Waals surface area contributed by atoms with Crippen LogP contribution in [0.3, 0.4) is 0 Å². The van der Waals surface area contributed by atoms with E-state index < -0.39 is 0 Å². The summed E-state index contributed by atoms with van der Waals surface area (Å²) in [5.74, 6) is 1.03. The molecule has 0 saturated carbocycles. The molecule has 3 rings (SSSR count). The van der Waals surface area contributed by atoms with E-state index in [0.29, 0.717) is 38.0 Å². The van der Waals surface area contributed by atoms with Gasteiger partial charge in [0.1, 0.15) is 11.9 Å². The number of piperidine rings is 1. The third-order valence-electron chi connectivity index (χ3n) is 5.35. The highest BCUT2D eigenvalue weighted by Crippen LogP contribution is 2.27. The number of halogens is 2. The second-order valence-corrected chi connectivity index (χ2v) is 7.02. The summed E-state index contributed by atoms with van der Waals surface area (Å²) in [6.07, 6.45) is 2.78. The molecule has 0 spiro atoms. The molecule has 1 N–H and O–H groups in total. The molecule has 1 aromatic rings. The Bertz CT molecular complexity index is 549. The average Bonchev–Trinajstić information content (AvgIpc) is 2.63. The van der Waals surface area contributed by atoms with Gasteiger partial charge in [-0.3, -0.25) is 4.79 Å². The van der Waals surface area contributed by atoms with Gasteiger partial charge in [-0.25, -0.2) is 4.39 Å². The van der Waals surface area contributed by atoms with Crippen molar-refractivity contribution in [1.82, 2.24) is 10.2 Å². The van der Waals surface area contributed by atoms with Gasteiger partial charge in [-0.2, -0.15) is 0 Å². The zero-order valence-electron chi connectivity index (χ0n) is 14.7. The number of rotatable bonds is 4. The summed E-state index contributed by atoms with van der Waals surface area (Å²) in [7, 11) is 0. The average molecular weight is 371 g/mol. The molecule has 6 heteroatoms. The first-order valence-electron chi connectivity index (χ1n) is 8.99. The van der Waals surface area contributed by atoms with E-state index in [1.807, 2.05) is 4.90 Å². The number of ether oxygens (including phenoxy) is 1. The summed E-state index contributed by atoms with van der Waals surface area (Å²) in [5.41, 5.74) is 0.931. The molecule has 2 atom stereocenters. The Labute approximate surface area is 155 Å². The van der Waals surface area contributed by atoms with Crippen LogP contribution >= 0.6 is 12.4 Å². The quantitative estimate of drug-likeness (QED) is 0.885. The normalized spacial score (nSPS) is 23.0. The Hall–Kier alpha value is -1.17. The lowest BCUT2D eigenvalue weighted by Crippen LogP contribution is -2.43. The number of amides is 1. The molecule has 1 aromatic carbocycles. The van der Waals surface area contributed by atoms with Crippen molar-refractivity contribution in [2.75, 3.05) is 32.8 Å². The molecule has 2 heterocycles. The minimum absolute atomic E-state index is 0. The molecule has 0 bridgehead atoms. The van der Waals surface area contributed by atoms with E-state index in [1.165, 1.54) is 12.1 Å². The van der Waals surface area contributed by atoms with E-state index in [0.717, 1.165) is 31.5 Å². The highest BCUT2D eigenvalue weighted by molar-refractivity contribution is 5.85. The molecule has 25 heavy (non-hydrogen) atoms. The number of nitrogens with zero attached hydrogens (tertiary/aromatic N) is 1. The second kappa shape index (κ2) is 9.51. The Kier molecular flexibility index (Phi) is 7.66. The maximum atomic E-state index is 13.1. The number of benzene rings is 1. The number of nitrogens with one attached hydrogen (secondary N) is 1. The van der Waals surface area contributed by atoms with Gasteiger partial charge in [-0.05, 0) is 55.5 Å². The van der Waals surface area contributed by atoms with Crippen molar-refractivity contribution in [3.05, 3.63) is 35.6 Å². The topological polar surface area (TPSA) is 41.6 Å². The summed E-state index contributed by atoms with van der Waals surface area (Å²) in [5, 5.41) is 3.38. The highest BCUT2D eigenvalue weighted by atomic mass is 35.5. The maximum absolute atomic E-state index is 13.1. The number of hydrogen-bond acceptors (Lipinski definition) is 3. The minimum Gasteiger partial charge on any atom is -0.370 e. The Morgan fingerprint density at radius 1 is 1.32 bits per heavy atom. The molecular formula is C19H28ClFN2O2. The molecule has 0 aliphatic carbocycles. The Balaban J connectivity index is 0.00000225. The van der Waals surface area contributed by atoms with Crippen molar-refractivity contribution in [1.29, 1.82) is 0 Å². The van der Waals surface area contributed by atoms with Crippen LogP contribution in [-0.4, -0.2) is 43.6 Å². The van der Waals surface area contributed by atoms with Crippen molar-refractivity contribution in [2.24, 2.45) is 11.8 Å². The fourth-order valence-corrected chi connectivity index (χ4v) is 3.74. The van der Waals surface area contributed by atoms with E-state index in [1.54, 1.807) is 12.1 Å². The van der Waals surface area contributed by atoms with Crippen LogP contribution in [0, 0.1) is 17.7 Å². The van der Waals surface area contributed by atoms with Gasteiger partial charge in [0.15, 0.2) is 0 Å². The van der Waals surface area contributed by atoms with Crippen LogP contribution in [0.1, 0.15) is 37.9 Å². The van der Waals surface area contributed by atoms with Crippen LogP contribution in [-0.2, 0) is 9.53 Å². The van der Waals surface area contributed by atoms with Crippen LogP contribution in [0.2, 0.25) is 0 Å². The second-order valence-electron chi connectivity index (χ2n) is 7.02. The summed E-state index contributed by atoms with van der Waals surface area (Å²) in [4.78, 5) is 14.6. The first kappa shape index (κ1) is 20.1. The predicted octanol–water partition coefficient (Wildman–Crippen LogP) is 3.17. The van der Waals surface area contributed by atoms with Crippen molar-refractivity contribution in [3.8, 4) is 0 Å². The fraction of sp³-hybridized carbons (Fsp3) is 0.632. The third-order valence-corrected chi connectivity index (χ3v) is 5.35. The minimum atomic E-state index is -0.252. The molecule has 4 nitrogen and oxygen atoms in total. The zero-order valence-corrected chi connectivity index (χ0v) is 15.6. The molecule has 2 saturated heterocycles. The van der Waals surface area contributed by atoms with E-state index >= 15 is 0 Å². The van der Waals surface area contributed by atoms with Gasteiger partial charge in [-0.1, -0.05) is 19.1 Å². The fourth-order valence-electron chi connectivity index (χ4n) is 3.74.